The number of benzene rings is 2. The first-order valence-corrected chi connectivity index (χ1v) is 8.34. The SMILES string of the molecule is C1=C(n2ccnc2)c2ccc3c(c2CC1)CCc1ccccc1-3. The van der Waals surface area contributed by atoms with Crippen molar-refractivity contribution >= 4 is 5.70 Å². The fourth-order valence-corrected chi connectivity index (χ4v) is 4.13. The molecule has 2 heteroatoms. The van der Waals surface area contributed by atoms with Crippen LogP contribution in [0.3, 0.4) is 0 Å². The van der Waals surface area contributed by atoms with Crippen molar-refractivity contribution in [2.24, 2.45) is 0 Å². The predicted molar refractivity (Wildman–Crippen MR) is 93.2 cm³/mol. The van der Waals surface area contributed by atoms with Gasteiger partial charge in [0.15, 0.2) is 0 Å². The highest BCUT2D eigenvalue weighted by Gasteiger charge is 2.23. The average Bonchev–Trinajstić information content (AvgIpc) is 3.15. The Hall–Kier alpha value is -2.61. The van der Waals surface area contributed by atoms with Crippen molar-refractivity contribution in [1.29, 1.82) is 0 Å². The molecule has 0 N–H and O–H groups in total. The average molecular weight is 298 g/mol. The van der Waals surface area contributed by atoms with Gasteiger partial charge in [0.1, 0.15) is 0 Å². The number of hydrogen-bond donors (Lipinski definition) is 0. The van der Waals surface area contributed by atoms with Crippen LogP contribution in [-0.2, 0) is 19.3 Å². The minimum atomic E-state index is 1.11. The molecule has 112 valence electrons. The summed E-state index contributed by atoms with van der Waals surface area (Å²) >= 11 is 0. The fraction of sp³-hybridized carbons (Fsp3) is 0.190. The number of nitrogens with zero attached hydrogens (tertiary/aromatic N) is 2. The van der Waals surface area contributed by atoms with Gasteiger partial charge in [0.05, 0.1) is 12.0 Å². The summed E-state index contributed by atoms with van der Waals surface area (Å²) in [5, 5.41) is 0. The van der Waals surface area contributed by atoms with Crippen LogP contribution < -0.4 is 0 Å². The molecule has 2 aliphatic rings. The number of aryl methyl sites for hydroxylation is 1. The van der Waals surface area contributed by atoms with Crippen LogP contribution in [0, 0.1) is 0 Å². The highest BCUT2D eigenvalue weighted by atomic mass is 15.0. The van der Waals surface area contributed by atoms with Gasteiger partial charge < -0.3 is 4.57 Å². The lowest BCUT2D eigenvalue weighted by molar-refractivity contribution is 0.873. The number of allylic oxidation sites excluding steroid dienone is 1. The van der Waals surface area contributed by atoms with Gasteiger partial charge in [0.25, 0.3) is 0 Å². The summed E-state index contributed by atoms with van der Waals surface area (Å²) in [5.74, 6) is 0. The zero-order valence-electron chi connectivity index (χ0n) is 13.0. The summed E-state index contributed by atoms with van der Waals surface area (Å²) in [7, 11) is 0. The van der Waals surface area contributed by atoms with Gasteiger partial charge in [-0.15, -0.1) is 0 Å². The van der Waals surface area contributed by atoms with E-state index in [4.69, 9.17) is 0 Å². The van der Waals surface area contributed by atoms with Crippen LogP contribution >= 0.6 is 0 Å². The predicted octanol–water partition coefficient (Wildman–Crippen LogP) is 4.48. The van der Waals surface area contributed by atoms with Crippen LogP contribution in [0.4, 0.5) is 0 Å². The maximum Gasteiger partial charge on any atom is 0.0991 e. The zero-order chi connectivity index (χ0) is 15.2. The molecule has 1 aromatic heterocycles. The minimum Gasteiger partial charge on any atom is -0.306 e. The molecular weight excluding hydrogens is 280 g/mol. The largest absolute Gasteiger partial charge is 0.306 e. The molecule has 0 unspecified atom stereocenters. The van der Waals surface area contributed by atoms with E-state index >= 15 is 0 Å². The maximum atomic E-state index is 4.21. The highest BCUT2D eigenvalue weighted by molar-refractivity contribution is 5.80. The minimum absolute atomic E-state index is 1.11. The molecule has 2 aliphatic carbocycles. The first-order chi connectivity index (χ1) is 11.4. The van der Waals surface area contributed by atoms with E-state index in [1.165, 1.54) is 28.0 Å². The zero-order valence-corrected chi connectivity index (χ0v) is 13.0. The van der Waals surface area contributed by atoms with Crippen molar-refractivity contribution in [2.45, 2.75) is 25.7 Å². The van der Waals surface area contributed by atoms with Crippen LogP contribution in [-0.4, -0.2) is 9.55 Å². The Balaban J connectivity index is 1.71. The van der Waals surface area contributed by atoms with Crippen LogP contribution in [0.5, 0.6) is 0 Å². The van der Waals surface area contributed by atoms with Crippen LogP contribution in [0.25, 0.3) is 16.8 Å². The first-order valence-electron chi connectivity index (χ1n) is 8.34. The lowest BCUT2D eigenvalue weighted by Gasteiger charge is -2.27. The van der Waals surface area contributed by atoms with E-state index in [-0.39, 0.29) is 0 Å². The molecule has 0 fully saturated rings. The van der Waals surface area contributed by atoms with Gasteiger partial charge in [-0.2, -0.15) is 0 Å². The second kappa shape index (κ2) is 4.95. The summed E-state index contributed by atoms with van der Waals surface area (Å²) in [6, 6.07) is 13.5. The van der Waals surface area contributed by atoms with E-state index in [0.717, 1.165) is 25.7 Å². The molecule has 0 amide bonds. The number of hydrogen-bond acceptors (Lipinski definition) is 1. The van der Waals surface area contributed by atoms with E-state index in [1.807, 2.05) is 18.7 Å². The van der Waals surface area contributed by atoms with E-state index < -0.39 is 0 Å². The Bertz CT molecular complexity index is 917. The van der Waals surface area contributed by atoms with Gasteiger partial charge in [-0.3, -0.25) is 0 Å². The second-order valence-electron chi connectivity index (χ2n) is 6.37. The lowest BCUT2D eigenvalue weighted by atomic mass is 9.79. The first kappa shape index (κ1) is 12.9. The summed E-state index contributed by atoms with van der Waals surface area (Å²) in [4.78, 5) is 4.21. The van der Waals surface area contributed by atoms with Crippen molar-refractivity contribution in [3.8, 4) is 11.1 Å². The molecule has 3 aromatic rings. The molecule has 0 radical (unpaired) electrons. The number of imidazole rings is 1. The summed E-state index contributed by atoms with van der Waals surface area (Å²) in [6.45, 7) is 0. The topological polar surface area (TPSA) is 17.8 Å². The third kappa shape index (κ3) is 1.91. The standard InChI is InChI=1S/C21H18N2/c1-2-5-16-15(4-1)8-9-19-17-6-3-7-21(23-13-12-22-14-23)20(17)11-10-18(16)19/h1-2,4-5,7,10-14H,3,6,8-9H2. The monoisotopic (exact) mass is 298 g/mol. The summed E-state index contributed by atoms with van der Waals surface area (Å²) in [6.07, 6.45) is 12.7. The molecular formula is C21H18N2. The lowest BCUT2D eigenvalue weighted by Crippen LogP contribution is -2.13. The van der Waals surface area contributed by atoms with Crippen LogP contribution in [0.1, 0.15) is 28.7 Å². The van der Waals surface area contributed by atoms with Crippen molar-refractivity contribution in [3.05, 3.63) is 83.4 Å². The summed E-state index contributed by atoms with van der Waals surface area (Å²) in [5.41, 5.74) is 10.1. The Labute approximate surface area is 136 Å². The van der Waals surface area contributed by atoms with E-state index in [0.29, 0.717) is 0 Å². The number of rotatable bonds is 1. The molecule has 2 nitrogen and oxygen atoms in total. The van der Waals surface area contributed by atoms with Crippen LogP contribution in [0.2, 0.25) is 0 Å². The van der Waals surface area contributed by atoms with Gasteiger partial charge in [-0.1, -0.05) is 42.5 Å². The number of aromatic nitrogens is 2. The Morgan fingerprint density at radius 3 is 2.61 bits per heavy atom. The van der Waals surface area contributed by atoms with Gasteiger partial charge in [0, 0.05) is 18.0 Å². The van der Waals surface area contributed by atoms with Crippen molar-refractivity contribution in [3.63, 3.8) is 0 Å². The van der Waals surface area contributed by atoms with Crippen molar-refractivity contribution in [2.75, 3.05) is 0 Å². The third-order valence-corrected chi connectivity index (χ3v) is 5.17. The normalized spacial score (nSPS) is 15.4. The Kier molecular flexibility index (Phi) is 2.77. The molecule has 1 heterocycles. The molecule has 23 heavy (non-hydrogen) atoms. The van der Waals surface area contributed by atoms with Gasteiger partial charge in [-0.25, -0.2) is 4.98 Å². The maximum absolute atomic E-state index is 4.21. The molecule has 5 rings (SSSR count). The van der Waals surface area contributed by atoms with Crippen LogP contribution in [0.15, 0.2) is 61.2 Å². The molecule has 0 spiro atoms. The van der Waals surface area contributed by atoms with Gasteiger partial charge in [-0.05, 0) is 53.5 Å². The molecule has 0 bridgehead atoms. The summed E-state index contributed by atoms with van der Waals surface area (Å²) < 4.78 is 2.14. The van der Waals surface area contributed by atoms with Gasteiger partial charge in [0.2, 0.25) is 0 Å². The Morgan fingerprint density at radius 2 is 1.70 bits per heavy atom. The molecule has 0 atom stereocenters. The van der Waals surface area contributed by atoms with Crippen molar-refractivity contribution < 1.29 is 0 Å². The van der Waals surface area contributed by atoms with Crippen molar-refractivity contribution in [1.82, 2.24) is 9.55 Å². The smallest absolute Gasteiger partial charge is 0.0991 e. The van der Waals surface area contributed by atoms with E-state index in [9.17, 15) is 0 Å². The van der Waals surface area contributed by atoms with E-state index in [1.54, 1.807) is 11.1 Å². The number of fused-ring (bicyclic) bond motifs is 5. The molecule has 0 saturated carbocycles. The highest BCUT2D eigenvalue weighted by Crippen LogP contribution is 2.40. The molecule has 0 aliphatic heterocycles. The quantitative estimate of drug-likeness (QED) is 0.647. The molecule has 0 saturated heterocycles. The molecule has 2 aromatic carbocycles. The Morgan fingerprint density at radius 1 is 0.826 bits per heavy atom. The third-order valence-electron chi connectivity index (χ3n) is 5.17. The van der Waals surface area contributed by atoms with Gasteiger partial charge >= 0.3 is 0 Å². The fourth-order valence-electron chi connectivity index (χ4n) is 4.13. The van der Waals surface area contributed by atoms with E-state index in [2.05, 4.69) is 52.0 Å². The second-order valence-corrected chi connectivity index (χ2v) is 6.37.